The van der Waals surface area contributed by atoms with Crippen LogP contribution in [0.25, 0.3) is 0 Å². The predicted molar refractivity (Wildman–Crippen MR) is 197 cm³/mol. The Kier molecular flexibility index (Phi) is 25.1. The zero-order valence-electron chi connectivity index (χ0n) is 30.5. The number of unbranched alkanes of at least 4 members (excludes halogenated alkanes) is 17. The molecule has 5 nitrogen and oxygen atoms in total. The molecule has 1 rings (SSSR count). The van der Waals surface area contributed by atoms with Crippen molar-refractivity contribution in [3.63, 3.8) is 0 Å². The zero-order chi connectivity index (χ0) is 33.9. The molecule has 6 heteroatoms. The first-order chi connectivity index (χ1) is 22.1. The van der Waals surface area contributed by atoms with E-state index in [-0.39, 0.29) is 17.4 Å². The van der Waals surface area contributed by atoms with Crippen LogP contribution >= 0.6 is 11.8 Å². The highest BCUT2D eigenvalue weighted by Crippen LogP contribution is 2.34. The average Bonchev–Trinajstić information content (AvgIpc) is 3.01. The molecule has 0 saturated carbocycles. The van der Waals surface area contributed by atoms with Gasteiger partial charge < -0.3 is 14.6 Å². The number of carbonyl (C=O) groups excluding carboxylic acids is 2. The fraction of sp³-hybridized carbons (Fsp3) is 0.800. The lowest BCUT2D eigenvalue weighted by Crippen LogP contribution is -2.12. The second-order valence-corrected chi connectivity index (χ2v) is 15.5. The maximum atomic E-state index is 12.0. The molecule has 46 heavy (non-hydrogen) atoms. The molecule has 0 bridgehead atoms. The van der Waals surface area contributed by atoms with Gasteiger partial charge in [0.1, 0.15) is 19.0 Å². The van der Waals surface area contributed by atoms with E-state index in [1.165, 1.54) is 89.0 Å². The molecule has 1 N–H and O–H groups in total. The van der Waals surface area contributed by atoms with Gasteiger partial charge in [0.15, 0.2) is 0 Å². The minimum Gasteiger partial charge on any atom is -0.507 e. The number of phenols is 1. The van der Waals surface area contributed by atoms with E-state index >= 15 is 0 Å². The highest BCUT2D eigenvalue weighted by molar-refractivity contribution is 7.99. The largest absolute Gasteiger partial charge is 0.507 e. The highest BCUT2D eigenvalue weighted by atomic mass is 32.2. The van der Waals surface area contributed by atoms with E-state index in [1.54, 1.807) is 11.8 Å². The van der Waals surface area contributed by atoms with Crippen molar-refractivity contribution in [2.45, 2.75) is 181 Å². The number of benzene rings is 1. The Morgan fingerprint density at radius 3 is 1.50 bits per heavy atom. The lowest BCUT2D eigenvalue weighted by atomic mass is 9.83. The molecule has 0 aliphatic carbocycles. The van der Waals surface area contributed by atoms with Crippen LogP contribution in [-0.4, -0.2) is 41.8 Å². The topological polar surface area (TPSA) is 72.8 Å². The van der Waals surface area contributed by atoms with Gasteiger partial charge in [-0.15, -0.1) is 0 Å². The number of phenolic OH excluding ortho intramolecular Hbond substituents is 1. The van der Waals surface area contributed by atoms with Crippen molar-refractivity contribution in [1.82, 2.24) is 0 Å². The molecular weight excluding hydrogens is 593 g/mol. The lowest BCUT2D eigenvalue weighted by molar-refractivity contribution is -0.143. The predicted octanol–water partition coefficient (Wildman–Crippen LogP) is 11.6. The molecule has 0 heterocycles. The van der Waals surface area contributed by atoms with E-state index in [0.717, 1.165) is 67.6 Å². The van der Waals surface area contributed by atoms with Crippen LogP contribution in [-0.2, 0) is 30.9 Å². The fourth-order valence-corrected chi connectivity index (χ4v) is 6.44. The van der Waals surface area contributed by atoms with Gasteiger partial charge in [-0.05, 0) is 54.7 Å². The van der Waals surface area contributed by atoms with Gasteiger partial charge in [-0.1, -0.05) is 143 Å². The molecule has 266 valence electrons. The number of ether oxygens (including phenoxy) is 2. The van der Waals surface area contributed by atoms with Crippen molar-refractivity contribution in [3.05, 3.63) is 28.8 Å². The number of hydrogen-bond acceptors (Lipinski definition) is 6. The molecule has 0 amide bonds. The Balaban J connectivity index is 1.87. The van der Waals surface area contributed by atoms with Gasteiger partial charge in [0.25, 0.3) is 0 Å². The van der Waals surface area contributed by atoms with Crippen LogP contribution in [0.5, 0.6) is 5.75 Å². The first-order valence-electron chi connectivity index (χ1n) is 18.9. The first kappa shape index (κ1) is 42.3. The summed E-state index contributed by atoms with van der Waals surface area (Å²) in [6, 6.07) is 4.23. The van der Waals surface area contributed by atoms with E-state index < -0.39 is 0 Å². The van der Waals surface area contributed by atoms with Crippen molar-refractivity contribution >= 4 is 23.7 Å². The van der Waals surface area contributed by atoms with E-state index in [4.69, 9.17) is 9.47 Å². The minimum atomic E-state index is -0.125. The normalized spacial score (nSPS) is 11.6. The first-order valence-corrected chi connectivity index (χ1v) is 20.0. The van der Waals surface area contributed by atoms with Gasteiger partial charge in [0.2, 0.25) is 0 Å². The molecule has 0 spiro atoms. The molecule has 0 unspecified atom stereocenters. The van der Waals surface area contributed by atoms with Gasteiger partial charge in [-0.2, -0.15) is 11.8 Å². The van der Waals surface area contributed by atoms with Crippen LogP contribution in [0.2, 0.25) is 0 Å². The SMILES string of the molecule is CCCCCCCCCCCCCCCCCC(=O)OCCSCCOC(=O)CCCCCCc1cc(C)c(O)c(C(C)(C)C)c1. The third-order valence-electron chi connectivity index (χ3n) is 8.73. The number of hydrogen-bond donors (Lipinski definition) is 1. The van der Waals surface area contributed by atoms with Crippen LogP contribution in [0.1, 0.15) is 179 Å². The summed E-state index contributed by atoms with van der Waals surface area (Å²) in [6.07, 6.45) is 25.8. The third-order valence-corrected chi connectivity index (χ3v) is 9.64. The number of rotatable bonds is 29. The van der Waals surface area contributed by atoms with E-state index in [2.05, 4.69) is 39.8 Å². The molecule has 0 aliphatic rings. The number of carbonyl (C=O) groups is 2. The van der Waals surface area contributed by atoms with Crippen LogP contribution in [0.15, 0.2) is 12.1 Å². The van der Waals surface area contributed by atoms with Gasteiger partial charge >= 0.3 is 11.9 Å². The van der Waals surface area contributed by atoms with Gasteiger partial charge in [-0.25, -0.2) is 0 Å². The average molecular weight is 663 g/mol. The van der Waals surface area contributed by atoms with E-state index in [9.17, 15) is 14.7 Å². The Morgan fingerprint density at radius 1 is 0.652 bits per heavy atom. The van der Waals surface area contributed by atoms with Crippen molar-refractivity contribution in [1.29, 1.82) is 0 Å². The van der Waals surface area contributed by atoms with Crippen molar-refractivity contribution in [2.24, 2.45) is 0 Å². The fourth-order valence-electron chi connectivity index (χ4n) is 5.84. The molecule has 0 saturated heterocycles. The van der Waals surface area contributed by atoms with Crippen LogP contribution < -0.4 is 0 Å². The number of aryl methyl sites for hydroxylation is 2. The Hall–Kier alpha value is -1.69. The Labute approximate surface area is 287 Å². The van der Waals surface area contributed by atoms with Gasteiger partial charge in [0, 0.05) is 24.3 Å². The van der Waals surface area contributed by atoms with Crippen molar-refractivity contribution < 1.29 is 24.2 Å². The molecule has 0 aliphatic heterocycles. The van der Waals surface area contributed by atoms with Crippen LogP contribution in [0.4, 0.5) is 0 Å². The molecule has 0 aromatic heterocycles. The molecule has 0 fully saturated rings. The second kappa shape index (κ2) is 27.3. The number of aromatic hydroxyl groups is 1. The third kappa shape index (κ3) is 22.8. The van der Waals surface area contributed by atoms with Crippen LogP contribution in [0.3, 0.4) is 0 Å². The molecule has 0 atom stereocenters. The number of thioether (sulfide) groups is 1. The maximum Gasteiger partial charge on any atom is 0.305 e. The lowest BCUT2D eigenvalue weighted by Gasteiger charge is -2.22. The van der Waals surface area contributed by atoms with E-state index in [1.807, 2.05) is 6.92 Å². The summed E-state index contributed by atoms with van der Waals surface area (Å²) in [5.41, 5.74) is 3.14. The Bertz CT molecular complexity index is 923. The summed E-state index contributed by atoms with van der Waals surface area (Å²) in [6.45, 7) is 11.5. The monoisotopic (exact) mass is 662 g/mol. The summed E-state index contributed by atoms with van der Waals surface area (Å²) in [4.78, 5) is 24.0. The summed E-state index contributed by atoms with van der Waals surface area (Å²) >= 11 is 1.65. The maximum absolute atomic E-state index is 12.0. The van der Waals surface area contributed by atoms with Gasteiger partial charge in [0.05, 0.1) is 0 Å². The summed E-state index contributed by atoms with van der Waals surface area (Å²) < 4.78 is 10.7. The number of esters is 2. The Morgan fingerprint density at radius 2 is 1.07 bits per heavy atom. The highest BCUT2D eigenvalue weighted by Gasteiger charge is 2.20. The summed E-state index contributed by atoms with van der Waals surface area (Å²) in [5.74, 6) is 1.66. The van der Waals surface area contributed by atoms with E-state index in [0.29, 0.717) is 31.8 Å². The molecule has 1 aromatic rings. The standard InChI is InChI=1S/C40H70O5S/c1-6-7-8-9-10-11-12-13-14-15-16-17-18-19-23-26-37(41)44-28-30-46-31-29-45-38(42)27-24-21-20-22-25-35-32-34(2)39(43)36(33-35)40(3,4)5/h32-33,43H,6-31H2,1-5H3. The minimum absolute atomic E-state index is 0.0818. The summed E-state index contributed by atoms with van der Waals surface area (Å²) in [7, 11) is 0. The van der Waals surface area contributed by atoms with Gasteiger partial charge in [-0.3, -0.25) is 9.59 Å². The quantitative estimate of drug-likeness (QED) is 0.0680. The van der Waals surface area contributed by atoms with Crippen LogP contribution in [0, 0.1) is 6.92 Å². The molecule has 1 aromatic carbocycles. The van der Waals surface area contributed by atoms with Crippen molar-refractivity contribution in [2.75, 3.05) is 24.7 Å². The summed E-state index contributed by atoms with van der Waals surface area (Å²) in [5, 5.41) is 10.4. The van der Waals surface area contributed by atoms with Crippen molar-refractivity contribution in [3.8, 4) is 5.75 Å². The molecular formula is C40H70O5S. The zero-order valence-corrected chi connectivity index (χ0v) is 31.3. The smallest absolute Gasteiger partial charge is 0.305 e. The molecule has 0 radical (unpaired) electrons. The second-order valence-electron chi connectivity index (χ2n) is 14.2.